The summed E-state index contributed by atoms with van der Waals surface area (Å²) in [5, 5.41) is 2.77. The summed E-state index contributed by atoms with van der Waals surface area (Å²) in [4.78, 5) is 27.2. The zero-order valence-corrected chi connectivity index (χ0v) is 16.1. The van der Waals surface area contributed by atoms with Crippen molar-refractivity contribution in [1.29, 1.82) is 0 Å². The molecule has 5 heteroatoms. The number of nitrogens with zero attached hydrogens (tertiary/aromatic N) is 1. The van der Waals surface area contributed by atoms with Crippen LogP contribution in [0.5, 0.6) is 0 Å². The fourth-order valence-corrected chi connectivity index (χ4v) is 3.22. The predicted octanol–water partition coefficient (Wildman–Crippen LogP) is 3.66. The molecule has 0 radical (unpaired) electrons. The van der Waals surface area contributed by atoms with Crippen LogP contribution in [0.15, 0.2) is 54.6 Å². The molecule has 0 saturated heterocycles. The number of carbonyl (C=O) groups excluding carboxylic acids is 2. The fraction of sp³-hybridized carbons (Fsp3) is 0.364. The lowest BCUT2D eigenvalue weighted by Crippen LogP contribution is -2.49. The minimum atomic E-state index is -0.646. The van der Waals surface area contributed by atoms with E-state index in [-0.39, 0.29) is 5.91 Å². The Hall–Kier alpha value is -2.82. The van der Waals surface area contributed by atoms with Gasteiger partial charge in [-0.15, -0.1) is 0 Å². The number of rotatable bonds is 3. The highest BCUT2D eigenvalue weighted by molar-refractivity contribution is 5.86. The van der Waals surface area contributed by atoms with Crippen LogP contribution in [0.4, 0.5) is 4.79 Å². The third-order valence-electron chi connectivity index (χ3n) is 4.42. The van der Waals surface area contributed by atoms with Crippen LogP contribution >= 0.6 is 0 Å². The van der Waals surface area contributed by atoms with Crippen molar-refractivity contribution in [2.75, 3.05) is 0 Å². The third-order valence-corrected chi connectivity index (χ3v) is 4.42. The lowest BCUT2D eigenvalue weighted by atomic mass is 10.0. The van der Waals surface area contributed by atoms with E-state index in [9.17, 15) is 9.59 Å². The largest absolute Gasteiger partial charge is 0.444 e. The highest BCUT2D eigenvalue weighted by atomic mass is 16.6. The Balaban J connectivity index is 1.84. The molecular formula is C22H26N2O3. The first-order valence-electron chi connectivity index (χ1n) is 9.21. The summed E-state index contributed by atoms with van der Waals surface area (Å²) < 4.78 is 5.35. The Kier molecular flexibility index (Phi) is 5.49. The lowest BCUT2D eigenvalue weighted by molar-refractivity contribution is -0.134. The van der Waals surface area contributed by atoms with E-state index >= 15 is 0 Å². The Morgan fingerprint density at radius 1 is 1.07 bits per heavy atom. The van der Waals surface area contributed by atoms with Gasteiger partial charge in [-0.25, -0.2) is 4.79 Å². The number of nitrogens with one attached hydrogen (secondary N) is 1. The fourth-order valence-electron chi connectivity index (χ4n) is 3.22. The monoisotopic (exact) mass is 366 g/mol. The molecule has 1 N–H and O–H groups in total. The SMILES string of the molecule is CC(C)(C)OC(=O)NC1Cc2ccccc2CN(Cc2ccccc2)C1=O. The standard InChI is InChI=1S/C22H26N2O3/c1-22(2,3)27-21(26)23-19-13-17-11-7-8-12-18(17)15-24(20(19)25)14-16-9-5-4-6-10-16/h4-12,19H,13-15H2,1-3H3,(H,23,26). The second-order valence-electron chi connectivity index (χ2n) is 7.85. The van der Waals surface area contributed by atoms with Crippen LogP contribution in [0.25, 0.3) is 0 Å². The maximum Gasteiger partial charge on any atom is 0.408 e. The van der Waals surface area contributed by atoms with E-state index in [1.807, 2.05) is 54.6 Å². The van der Waals surface area contributed by atoms with Gasteiger partial charge in [-0.05, 0) is 37.5 Å². The zero-order chi connectivity index (χ0) is 19.4. The molecule has 1 heterocycles. The van der Waals surface area contributed by atoms with Crippen LogP contribution in [-0.2, 0) is 29.0 Å². The first-order valence-corrected chi connectivity index (χ1v) is 9.21. The molecule has 0 bridgehead atoms. The maximum atomic E-state index is 13.2. The van der Waals surface area contributed by atoms with Gasteiger partial charge in [-0.3, -0.25) is 4.79 Å². The summed E-state index contributed by atoms with van der Waals surface area (Å²) >= 11 is 0. The lowest BCUT2D eigenvalue weighted by Gasteiger charge is -2.26. The smallest absolute Gasteiger partial charge is 0.408 e. The molecule has 1 aliphatic rings. The second kappa shape index (κ2) is 7.82. The molecule has 3 rings (SSSR count). The van der Waals surface area contributed by atoms with Crippen molar-refractivity contribution >= 4 is 12.0 Å². The summed E-state index contributed by atoms with van der Waals surface area (Å²) in [6, 6.07) is 17.2. The van der Waals surface area contributed by atoms with Crippen molar-refractivity contribution < 1.29 is 14.3 Å². The van der Waals surface area contributed by atoms with Gasteiger partial charge in [0.15, 0.2) is 0 Å². The van der Waals surface area contributed by atoms with Gasteiger partial charge in [-0.2, -0.15) is 0 Å². The number of amides is 2. The number of ether oxygens (including phenoxy) is 1. The van der Waals surface area contributed by atoms with Crippen molar-refractivity contribution in [1.82, 2.24) is 10.2 Å². The molecule has 0 aliphatic carbocycles. The van der Waals surface area contributed by atoms with E-state index in [0.29, 0.717) is 19.5 Å². The molecule has 5 nitrogen and oxygen atoms in total. The second-order valence-corrected chi connectivity index (χ2v) is 7.85. The molecule has 1 atom stereocenters. The molecule has 0 aromatic heterocycles. The summed E-state index contributed by atoms with van der Waals surface area (Å²) in [6.07, 6.45) is -0.112. The van der Waals surface area contributed by atoms with E-state index in [1.165, 1.54) is 0 Å². The van der Waals surface area contributed by atoms with E-state index in [4.69, 9.17) is 4.74 Å². The number of carbonyl (C=O) groups is 2. The third kappa shape index (κ3) is 5.09. The molecule has 2 aromatic carbocycles. The zero-order valence-electron chi connectivity index (χ0n) is 16.1. The van der Waals surface area contributed by atoms with Crippen molar-refractivity contribution in [3.8, 4) is 0 Å². The van der Waals surface area contributed by atoms with Crippen molar-refractivity contribution in [2.45, 2.75) is 51.9 Å². The molecule has 1 aliphatic heterocycles. The van der Waals surface area contributed by atoms with Crippen molar-refractivity contribution in [2.24, 2.45) is 0 Å². The van der Waals surface area contributed by atoms with Gasteiger partial charge < -0.3 is 15.0 Å². The van der Waals surface area contributed by atoms with Crippen molar-refractivity contribution in [3.05, 3.63) is 71.3 Å². The number of fused-ring (bicyclic) bond motifs is 1. The summed E-state index contributed by atoms with van der Waals surface area (Å²) in [5.74, 6) is -0.0964. The molecule has 2 amide bonds. The van der Waals surface area contributed by atoms with Crippen molar-refractivity contribution in [3.63, 3.8) is 0 Å². The molecule has 0 fully saturated rings. The predicted molar refractivity (Wildman–Crippen MR) is 104 cm³/mol. The van der Waals surface area contributed by atoms with E-state index in [0.717, 1.165) is 16.7 Å². The van der Waals surface area contributed by atoms with Gasteiger partial charge in [0.2, 0.25) is 5.91 Å². The molecule has 1 unspecified atom stereocenters. The number of alkyl carbamates (subject to hydrolysis) is 1. The summed E-state index contributed by atoms with van der Waals surface area (Å²) in [7, 11) is 0. The van der Waals surface area contributed by atoms with Crippen LogP contribution in [0, 0.1) is 0 Å². The highest BCUT2D eigenvalue weighted by Gasteiger charge is 2.31. The molecule has 142 valence electrons. The summed E-state index contributed by atoms with van der Waals surface area (Å²) in [6.45, 7) is 6.44. The van der Waals surface area contributed by atoms with Gasteiger partial charge in [0, 0.05) is 19.5 Å². The minimum absolute atomic E-state index is 0.0964. The topological polar surface area (TPSA) is 58.6 Å². The highest BCUT2D eigenvalue weighted by Crippen LogP contribution is 2.22. The maximum absolute atomic E-state index is 13.2. The average Bonchev–Trinajstić information content (AvgIpc) is 2.72. The Morgan fingerprint density at radius 2 is 1.70 bits per heavy atom. The normalized spacial score (nSPS) is 17.1. The quantitative estimate of drug-likeness (QED) is 0.902. The molecular weight excluding hydrogens is 340 g/mol. The number of hydrogen-bond donors (Lipinski definition) is 1. The van der Waals surface area contributed by atoms with Gasteiger partial charge in [0.1, 0.15) is 11.6 Å². The van der Waals surface area contributed by atoms with E-state index in [1.54, 1.807) is 25.7 Å². The molecule has 0 saturated carbocycles. The average molecular weight is 366 g/mol. The Bertz CT molecular complexity index is 812. The number of hydrogen-bond acceptors (Lipinski definition) is 3. The van der Waals surface area contributed by atoms with Crippen LogP contribution < -0.4 is 5.32 Å². The molecule has 0 spiro atoms. The van der Waals surface area contributed by atoms with Crippen LogP contribution in [0.3, 0.4) is 0 Å². The van der Waals surface area contributed by atoms with Gasteiger partial charge in [0.25, 0.3) is 0 Å². The summed E-state index contributed by atoms with van der Waals surface area (Å²) in [5.41, 5.74) is 2.62. The van der Waals surface area contributed by atoms with Crippen LogP contribution in [-0.4, -0.2) is 28.5 Å². The molecule has 27 heavy (non-hydrogen) atoms. The first kappa shape index (κ1) is 19.0. The van der Waals surface area contributed by atoms with E-state index in [2.05, 4.69) is 5.32 Å². The minimum Gasteiger partial charge on any atom is -0.444 e. The van der Waals surface area contributed by atoms with Gasteiger partial charge in [0.05, 0.1) is 0 Å². The first-order chi connectivity index (χ1) is 12.8. The van der Waals surface area contributed by atoms with Gasteiger partial charge in [-0.1, -0.05) is 54.6 Å². The van der Waals surface area contributed by atoms with Crippen LogP contribution in [0.1, 0.15) is 37.5 Å². The van der Waals surface area contributed by atoms with E-state index < -0.39 is 17.7 Å². The Labute approximate surface area is 160 Å². The van der Waals surface area contributed by atoms with Crippen LogP contribution in [0.2, 0.25) is 0 Å². The molecule has 2 aromatic rings. The number of benzene rings is 2. The van der Waals surface area contributed by atoms with Gasteiger partial charge >= 0.3 is 6.09 Å². The Morgan fingerprint density at radius 3 is 2.37 bits per heavy atom.